The summed E-state index contributed by atoms with van der Waals surface area (Å²) >= 11 is 1.34. The van der Waals surface area contributed by atoms with Crippen LogP contribution >= 0.6 is 11.8 Å². The van der Waals surface area contributed by atoms with Gasteiger partial charge in [-0.3, -0.25) is 4.79 Å². The van der Waals surface area contributed by atoms with E-state index in [9.17, 15) is 4.79 Å². The number of para-hydroxylation sites is 1. The Labute approximate surface area is 129 Å². The van der Waals surface area contributed by atoms with Crippen LogP contribution in [0.2, 0.25) is 0 Å². The Morgan fingerprint density at radius 3 is 2.71 bits per heavy atom. The van der Waals surface area contributed by atoms with Crippen LogP contribution in [0.4, 0.5) is 0 Å². The van der Waals surface area contributed by atoms with E-state index in [-0.39, 0.29) is 11.4 Å². The highest BCUT2D eigenvalue weighted by molar-refractivity contribution is 7.99. The van der Waals surface area contributed by atoms with Gasteiger partial charge in [-0.05, 0) is 32.4 Å². The summed E-state index contributed by atoms with van der Waals surface area (Å²) in [5.41, 5.74) is 0.780. The summed E-state index contributed by atoms with van der Waals surface area (Å²) in [6, 6.07) is 9.77. The van der Waals surface area contributed by atoms with E-state index < -0.39 is 0 Å². The zero-order chi connectivity index (χ0) is 15.3. The molecule has 0 fully saturated rings. The highest BCUT2D eigenvalue weighted by Gasteiger charge is 2.18. The molecule has 0 aliphatic heterocycles. The van der Waals surface area contributed by atoms with Crippen molar-refractivity contribution in [3.63, 3.8) is 0 Å². The lowest BCUT2D eigenvalue weighted by molar-refractivity contribution is -0.120. The van der Waals surface area contributed by atoms with E-state index in [1.165, 1.54) is 11.8 Å². The second-order valence-corrected chi connectivity index (χ2v) is 6.32. The number of nitrogens with one attached hydrogen (secondary N) is 1. The molecule has 6 heteroatoms. The molecule has 0 atom stereocenters. The third-order valence-electron chi connectivity index (χ3n) is 3.19. The molecule has 2 rings (SSSR count). The van der Waals surface area contributed by atoms with Crippen molar-refractivity contribution >= 4 is 17.7 Å². The number of nitrogens with zero attached hydrogens (tertiary/aromatic N) is 3. The van der Waals surface area contributed by atoms with Gasteiger partial charge in [0, 0.05) is 5.54 Å². The average molecular weight is 304 g/mol. The van der Waals surface area contributed by atoms with Crippen molar-refractivity contribution in [2.45, 2.75) is 37.9 Å². The fraction of sp³-hybridized carbons (Fsp3) is 0.400. The molecule has 0 aliphatic carbocycles. The number of carbonyl (C=O) groups excluding carboxylic acids is 1. The second kappa shape index (κ2) is 6.76. The first-order valence-corrected chi connectivity index (χ1v) is 7.89. The minimum absolute atomic E-state index is 0.00270. The maximum absolute atomic E-state index is 11.9. The molecule has 5 nitrogen and oxygen atoms in total. The van der Waals surface area contributed by atoms with E-state index in [1.54, 1.807) is 11.0 Å². The lowest BCUT2D eigenvalue weighted by Gasteiger charge is -2.24. The van der Waals surface area contributed by atoms with E-state index in [2.05, 4.69) is 22.3 Å². The molecule has 0 unspecified atom stereocenters. The molecule has 0 saturated carbocycles. The van der Waals surface area contributed by atoms with Crippen molar-refractivity contribution in [1.82, 2.24) is 20.1 Å². The Morgan fingerprint density at radius 2 is 2.05 bits per heavy atom. The molecule has 1 amide bonds. The van der Waals surface area contributed by atoms with Crippen LogP contribution in [0, 0.1) is 0 Å². The molecule has 112 valence electrons. The molecule has 1 N–H and O–H groups in total. The van der Waals surface area contributed by atoms with E-state index in [0.29, 0.717) is 10.9 Å². The largest absolute Gasteiger partial charge is 0.351 e. The molecule has 21 heavy (non-hydrogen) atoms. The van der Waals surface area contributed by atoms with Crippen molar-refractivity contribution in [2.75, 3.05) is 5.75 Å². The number of hydrogen-bond acceptors (Lipinski definition) is 4. The number of thioether (sulfide) groups is 1. The van der Waals surface area contributed by atoms with E-state index >= 15 is 0 Å². The molecule has 0 bridgehead atoms. The van der Waals surface area contributed by atoms with Crippen molar-refractivity contribution in [3.05, 3.63) is 36.7 Å². The van der Waals surface area contributed by atoms with Gasteiger partial charge in [-0.25, -0.2) is 9.67 Å². The summed E-state index contributed by atoms with van der Waals surface area (Å²) in [4.78, 5) is 16.1. The van der Waals surface area contributed by atoms with Gasteiger partial charge in [0.05, 0.1) is 11.4 Å². The molecule has 2 aromatic rings. The van der Waals surface area contributed by atoms with Crippen molar-refractivity contribution in [2.24, 2.45) is 0 Å². The number of aromatic nitrogens is 3. The van der Waals surface area contributed by atoms with Crippen LogP contribution in [0.15, 0.2) is 41.8 Å². The number of amides is 1. The Balaban J connectivity index is 1.90. The lowest BCUT2D eigenvalue weighted by Crippen LogP contribution is -2.43. The van der Waals surface area contributed by atoms with Crippen LogP contribution in [0.25, 0.3) is 5.69 Å². The Kier molecular flexibility index (Phi) is 5.01. The summed E-state index contributed by atoms with van der Waals surface area (Å²) in [6.45, 7) is 6.08. The van der Waals surface area contributed by atoms with Gasteiger partial charge in [-0.15, -0.1) is 5.10 Å². The second-order valence-electron chi connectivity index (χ2n) is 5.38. The monoisotopic (exact) mass is 304 g/mol. The molecule has 0 spiro atoms. The molecule has 0 aliphatic rings. The first-order chi connectivity index (χ1) is 10.00. The van der Waals surface area contributed by atoms with Crippen LogP contribution in [0.3, 0.4) is 0 Å². The molecule has 0 saturated heterocycles. The van der Waals surface area contributed by atoms with Gasteiger partial charge in [0.25, 0.3) is 0 Å². The standard InChI is InChI=1S/C15H20N4OS/c1-4-15(2,3)17-13(20)10-21-14-16-11-19(18-14)12-8-6-5-7-9-12/h5-9,11H,4,10H2,1-3H3,(H,17,20). The van der Waals surface area contributed by atoms with Gasteiger partial charge in [0.1, 0.15) is 6.33 Å². The highest BCUT2D eigenvalue weighted by atomic mass is 32.2. The Hall–Kier alpha value is -1.82. The number of hydrogen-bond donors (Lipinski definition) is 1. The Morgan fingerprint density at radius 1 is 1.33 bits per heavy atom. The highest BCUT2D eigenvalue weighted by Crippen LogP contribution is 2.15. The van der Waals surface area contributed by atoms with Crippen LogP contribution in [-0.2, 0) is 4.79 Å². The van der Waals surface area contributed by atoms with Crippen molar-refractivity contribution < 1.29 is 4.79 Å². The third kappa shape index (κ3) is 4.60. The summed E-state index contributed by atoms with van der Waals surface area (Å²) in [5, 5.41) is 7.95. The maximum Gasteiger partial charge on any atom is 0.230 e. The maximum atomic E-state index is 11.9. The fourth-order valence-corrected chi connectivity index (χ4v) is 2.25. The lowest BCUT2D eigenvalue weighted by atomic mass is 10.0. The third-order valence-corrected chi connectivity index (χ3v) is 4.04. The van der Waals surface area contributed by atoms with Crippen molar-refractivity contribution in [1.29, 1.82) is 0 Å². The van der Waals surface area contributed by atoms with Gasteiger partial charge >= 0.3 is 0 Å². The van der Waals surface area contributed by atoms with Crippen LogP contribution < -0.4 is 5.32 Å². The molecular weight excluding hydrogens is 284 g/mol. The zero-order valence-electron chi connectivity index (χ0n) is 12.5. The predicted octanol–water partition coefficient (Wildman–Crippen LogP) is 2.66. The van der Waals surface area contributed by atoms with Gasteiger partial charge < -0.3 is 5.32 Å². The smallest absolute Gasteiger partial charge is 0.230 e. The number of benzene rings is 1. The molecule has 1 aromatic carbocycles. The summed E-state index contributed by atoms with van der Waals surface area (Å²) in [5.74, 6) is 0.324. The quantitative estimate of drug-likeness (QED) is 0.834. The molecule has 0 radical (unpaired) electrons. The molecule has 1 aromatic heterocycles. The fourth-order valence-electron chi connectivity index (χ4n) is 1.65. The van der Waals surface area contributed by atoms with E-state index in [1.807, 2.05) is 44.2 Å². The minimum Gasteiger partial charge on any atom is -0.351 e. The predicted molar refractivity (Wildman–Crippen MR) is 84.6 cm³/mol. The summed E-state index contributed by atoms with van der Waals surface area (Å²) in [6.07, 6.45) is 2.55. The SMILES string of the molecule is CCC(C)(C)NC(=O)CSc1ncn(-c2ccccc2)n1. The molecule has 1 heterocycles. The van der Waals surface area contributed by atoms with Crippen LogP contribution in [0.5, 0.6) is 0 Å². The normalized spacial score (nSPS) is 11.4. The zero-order valence-corrected chi connectivity index (χ0v) is 13.4. The average Bonchev–Trinajstić information content (AvgIpc) is 2.95. The minimum atomic E-state index is -0.172. The Bertz CT molecular complexity index is 595. The summed E-state index contributed by atoms with van der Waals surface area (Å²) in [7, 11) is 0. The van der Waals surface area contributed by atoms with E-state index in [4.69, 9.17) is 0 Å². The van der Waals surface area contributed by atoms with Crippen molar-refractivity contribution in [3.8, 4) is 5.69 Å². The van der Waals surface area contributed by atoms with Gasteiger partial charge in [0.2, 0.25) is 11.1 Å². The number of carbonyl (C=O) groups is 1. The van der Waals surface area contributed by atoms with Gasteiger partial charge in [-0.2, -0.15) is 0 Å². The topological polar surface area (TPSA) is 59.8 Å². The van der Waals surface area contributed by atoms with Gasteiger partial charge in [0.15, 0.2) is 0 Å². The van der Waals surface area contributed by atoms with Crippen LogP contribution in [-0.4, -0.2) is 32.0 Å². The summed E-state index contributed by atoms with van der Waals surface area (Å²) < 4.78 is 1.70. The molecular formula is C15H20N4OS. The first kappa shape index (κ1) is 15.6. The van der Waals surface area contributed by atoms with E-state index in [0.717, 1.165) is 12.1 Å². The first-order valence-electron chi connectivity index (χ1n) is 6.91. The number of rotatable bonds is 6. The van der Waals surface area contributed by atoms with Crippen LogP contribution in [0.1, 0.15) is 27.2 Å². The van der Waals surface area contributed by atoms with Gasteiger partial charge in [-0.1, -0.05) is 36.9 Å².